The number of carbonyl (C=O) groups excluding carboxylic acids is 1. The summed E-state index contributed by atoms with van der Waals surface area (Å²) in [6, 6.07) is 11.3. The van der Waals surface area contributed by atoms with Gasteiger partial charge < -0.3 is 9.64 Å². The van der Waals surface area contributed by atoms with Gasteiger partial charge in [-0.2, -0.15) is 0 Å². The van der Waals surface area contributed by atoms with Crippen LogP contribution in [0.25, 0.3) is 6.08 Å². The molecule has 1 heterocycles. The molecule has 0 fully saturated rings. The standard InChI is InChI=1S/C17H13BrN2O4/c1-24-17(21)16-13-5-3-2-4-11(13)8-9-19(16)15-7-6-12(20(22)23)10-14(15)18/h2-10,16H,1H3. The molecular weight excluding hydrogens is 376 g/mol. The molecule has 0 saturated carbocycles. The molecule has 0 amide bonds. The first-order chi connectivity index (χ1) is 11.5. The van der Waals surface area contributed by atoms with Gasteiger partial charge in [-0.15, -0.1) is 0 Å². The van der Waals surface area contributed by atoms with Crippen LogP contribution >= 0.6 is 15.9 Å². The number of anilines is 1. The van der Waals surface area contributed by atoms with Gasteiger partial charge in [-0.1, -0.05) is 24.3 Å². The molecule has 6 nitrogen and oxygen atoms in total. The molecule has 0 saturated heterocycles. The smallest absolute Gasteiger partial charge is 0.333 e. The van der Waals surface area contributed by atoms with Crippen LogP contribution in [-0.2, 0) is 9.53 Å². The third-order valence-corrected chi connectivity index (χ3v) is 4.46. The van der Waals surface area contributed by atoms with E-state index in [4.69, 9.17) is 4.74 Å². The molecule has 1 unspecified atom stereocenters. The number of rotatable bonds is 3. The quantitative estimate of drug-likeness (QED) is 0.450. The van der Waals surface area contributed by atoms with E-state index in [9.17, 15) is 14.9 Å². The number of methoxy groups -OCH3 is 1. The maximum absolute atomic E-state index is 12.4. The topological polar surface area (TPSA) is 72.7 Å². The summed E-state index contributed by atoms with van der Waals surface area (Å²) in [6.07, 6.45) is 3.67. The third-order valence-electron chi connectivity index (χ3n) is 3.83. The van der Waals surface area contributed by atoms with Gasteiger partial charge in [0, 0.05) is 22.8 Å². The molecule has 0 aromatic heterocycles. The Morgan fingerprint density at radius 1 is 1.29 bits per heavy atom. The van der Waals surface area contributed by atoms with Crippen LogP contribution in [0.1, 0.15) is 17.2 Å². The molecule has 1 atom stereocenters. The van der Waals surface area contributed by atoms with E-state index in [0.29, 0.717) is 10.2 Å². The minimum Gasteiger partial charge on any atom is -0.467 e. The van der Waals surface area contributed by atoms with Gasteiger partial charge in [0.05, 0.1) is 17.7 Å². The molecule has 2 aromatic carbocycles. The van der Waals surface area contributed by atoms with Gasteiger partial charge >= 0.3 is 5.97 Å². The monoisotopic (exact) mass is 388 g/mol. The van der Waals surface area contributed by atoms with E-state index in [1.54, 1.807) is 17.2 Å². The van der Waals surface area contributed by atoms with E-state index in [1.807, 2.05) is 30.3 Å². The van der Waals surface area contributed by atoms with E-state index in [1.165, 1.54) is 19.2 Å². The number of esters is 1. The van der Waals surface area contributed by atoms with Crippen LogP contribution in [0, 0.1) is 10.1 Å². The average molecular weight is 389 g/mol. The lowest BCUT2D eigenvalue weighted by atomic mass is 9.95. The number of benzene rings is 2. The van der Waals surface area contributed by atoms with Gasteiger partial charge in [-0.3, -0.25) is 10.1 Å². The molecule has 24 heavy (non-hydrogen) atoms. The van der Waals surface area contributed by atoms with Crippen LogP contribution < -0.4 is 4.90 Å². The second-order valence-electron chi connectivity index (χ2n) is 5.17. The molecule has 122 valence electrons. The van der Waals surface area contributed by atoms with Gasteiger partial charge in [0.15, 0.2) is 6.04 Å². The zero-order chi connectivity index (χ0) is 17.3. The maximum Gasteiger partial charge on any atom is 0.333 e. The fourth-order valence-corrected chi connectivity index (χ4v) is 3.27. The Morgan fingerprint density at radius 2 is 2.04 bits per heavy atom. The molecule has 0 radical (unpaired) electrons. The number of non-ortho nitro benzene ring substituents is 1. The van der Waals surface area contributed by atoms with Crippen molar-refractivity contribution in [2.75, 3.05) is 12.0 Å². The van der Waals surface area contributed by atoms with Crippen LogP contribution in [0.15, 0.2) is 53.1 Å². The van der Waals surface area contributed by atoms with Crippen LogP contribution in [0.4, 0.5) is 11.4 Å². The lowest BCUT2D eigenvalue weighted by molar-refractivity contribution is -0.384. The number of fused-ring (bicyclic) bond motifs is 1. The average Bonchev–Trinajstić information content (AvgIpc) is 2.60. The molecule has 0 aliphatic carbocycles. The second-order valence-corrected chi connectivity index (χ2v) is 6.02. The Hall–Kier alpha value is -2.67. The van der Waals surface area contributed by atoms with Crippen molar-refractivity contribution in [2.45, 2.75) is 6.04 Å². The number of halogens is 1. The van der Waals surface area contributed by atoms with Crippen molar-refractivity contribution in [2.24, 2.45) is 0 Å². The summed E-state index contributed by atoms with van der Waals surface area (Å²) in [4.78, 5) is 24.6. The van der Waals surface area contributed by atoms with E-state index in [0.717, 1.165) is 11.1 Å². The first-order valence-corrected chi connectivity index (χ1v) is 7.89. The largest absolute Gasteiger partial charge is 0.467 e. The number of hydrogen-bond acceptors (Lipinski definition) is 5. The molecule has 3 rings (SSSR count). The second kappa shape index (κ2) is 6.45. The minimum atomic E-state index is -0.658. The number of nitro benzene ring substituents is 1. The Labute approximate surface area is 146 Å². The molecule has 0 spiro atoms. The van der Waals surface area contributed by atoms with Gasteiger partial charge in [-0.05, 0) is 39.2 Å². The fourth-order valence-electron chi connectivity index (χ4n) is 2.70. The van der Waals surface area contributed by atoms with E-state index in [2.05, 4.69) is 15.9 Å². The van der Waals surface area contributed by atoms with Crippen molar-refractivity contribution in [3.63, 3.8) is 0 Å². The zero-order valence-corrected chi connectivity index (χ0v) is 14.3. The number of nitro groups is 1. The van der Waals surface area contributed by atoms with Crippen molar-refractivity contribution in [3.8, 4) is 0 Å². The predicted octanol–water partition coefficient (Wildman–Crippen LogP) is 4.06. The Morgan fingerprint density at radius 3 is 2.71 bits per heavy atom. The van der Waals surface area contributed by atoms with Crippen molar-refractivity contribution in [3.05, 3.63) is 74.4 Å². The normalized spacial score (nSPS) is 15.8. The van der Waals surface area contributed by atoms with Crippen molar-refractivity contribution >= 4 is 39.4 Å². The van der Waals surface area contributed by atoms with Crippen LogP contribution in [-0.4, -0.2) is 18.0 Å². The number of hydrogen-bond donors (Lipinski definition) is 0. The molecule has 0 bridgehead atoms. The van der Waals surface area contributed by atoms with Crippen LogP contribution in [0.5, 0.6) is 0 Å². The molecule has 7 heteroatoms. The van der Waals surface area contributed by atoms with Crippen molar-refractivity contribution in [1.82, 2.24) is 0 Å². The number of nitrogens with zero attached hydrogens (tertiary/aromatic N) is 2. The van der Waals surface area contributed by atoms with E-state index in [-0.39, 0.29) is 5.69 Å². The summed E-state index contributed by atoms with van der Waals surface area (Å²) in [5.74, 6) is -0.406. The van der Waals surface area contributed by atoms with Gasteiger partial charge in [-0.25, -0.2) is 4.79 Å². The molecule has 1 aliphatic heterocycles. The lowest BCUT2D eigenvalue weighted by Crippen LogP contribution is -2.33. The molecular formula is C17H13BrN2O4. The third kappa shape index (κ3) is 2.78. The highest BCUT2D eigenvalue weighted by Gasteiger charge is 2.32. The zero-order valence-electron chi connectivity index (χ0n) is 12.7. The van der Waals surface area contributed by atoms with Crippen LogP contribution in [0.2, 0.25) is 0 Å². The first-order valence-electron chi connectivity index (χ1n) is 7.10. The van der Waals surface area contributed by atoms with E-state index >= 15 is 0 Å². The fraction of sp³-hybridized carbons (Fsp3) is 0.118. The van der Waals surface area contributed by atoms with Crippen LogP contribution in [0.3, 0.4) is 0 Å². The predicted molar refractivity (Wildman–Crippen MR) is 93.5 cm³/mol. The van der Waals surface area contributed by atoms with Gasteiger partial charge in [0.25, 0.3) is 5.69 Å². The first kappa shape index (κ1) is 16.2. The van der Waals surface area contributed by atoms with Crippen molar-refractivity contribution in [1.29, 1.82) is 0 Å². The number of ether oxygens (including phenoxy) is 1. The minimum absolute atomic E-state index is 0.0263. The van der Waals surface area contributed by atoms with Gasteiger partial charge in [0.2, 0.25) is 0 Å². The molecule has 2 aromatic rings. The summed E-state index contributed by atoms with van der Waals surface area (Å²) in [5, 5.41) is 10.9. The van der Waals surface area contributed by atoms with Crippen molar-refractivity contribution < 1.29 is 14.5 Å². The summed E-state index contributed by atoms with van der Waals surface area (Å²) in [7, 11) is 1.34. The molecule has 0 N–H and O–H groups in total. The van der Waals surface area contributed by atoms with E-state index < -0.39 is 16.9 Å². The molecule has 1 aliphatic rings. The number of carbonyl (C=O) groups is 1. The highest BCUT2D eigenvalue weighted by Crippen LogP contribution is 2.39. The Balaban J connectivity index is 2.10. The highest BCUT2D eigenvalue weighted by atomic mass is 79.9. The summed E-state index contributed by atoms with van der Waals surface area (Å²) in [6.45, 7) is 0. The summed E-state index contributed by atoms with van der Waals surface area (Å²) in [5.41, 5.74) is 2.36. The van der Waals surface area contributed by atoms with Gasteiger partial charge in [0.1, 0.15) is 0 Å². The summed E-state index contributed by atoms with van der Waals surface area (Å²) >= 11 is 3.36. The Bertz CT molecular complexity index is 850. The lowest BCUT2D eigenvalue weighted by Gasteiger charge is -2.33. The Kier molecular flexibility index (Phi) is 4.35. The highest BCUT2D eigenvalue weighted by molar-refractivity contribution is 9.10. The SMILES string of the molecule is COC(=O)C1c2ccccc2C=CN1c1ccc([N+](=O)[O-])cc1Br. The summed E-state index contributed by atoms with van der Waals surface area (Å²) < 4.78 is 5.48. The maximum atomic E-state index is 12.4.